The maximum absolute atomic E-state index is 12.0. The van der Waals surface area contributed by atoms with Gasteiger partial charge in [0.2, 0.25) is 5.91 Å². The highest BCUT2D eigenvalue weighted by Gasteiger charge is 2.52. The molecule has 0 radical (unpaired) electrons. The van der Waals surface area contributed by atoms with Gasteiger partial charge in [0, 0.05) is 23.9 Å². The smallest absolute Gasteiger partial charge is 0.237 e. The highest BCUT2D eigenvalue weighted by Crippen LogP contribution is 2.41. The lowest BCUT2D eigenvalue weighted by Gasteiger charge is -2.57. The second kappa shape index (κ2) is 6.58. The van der Waals surface area contributed by atoms with Gasteiger partial charge in [-0.2, -0.15) is 0 Å². The molecule has 2 saturated heterocycles. The number of nitrogens with zero attached hydrogens (tertiary/aromatic N) is 1. The molecule has 2 aliphatic heterocycles. The predicted molar refractivity (Wildman–Crippen MR) is 92.4 cm³/mol. The molecule has 24 heavy (non-hydrogen) atoms. The first-order chi connectivity index (χ1) is 11.8. The van der Waals surface area contributed by atoms with Crippen molar-refractivity contribution in [2.24, 2.45) is 5.92 Å². The Labute approximate surface area is 143 Å². The molecular weight excluding hydrogens is 300 g/mol. The van der Waals surface area contributed by atoms with Crippen molar-refractivity contribution in [1.82, 2.24) is 10.2 Å². The number of carbonyl (C=O) groups excluding carboxylic acids is 1. The van der Waals surface area contributed by atoms with E-state index < -0.39 is 0 Å². The van der Waals surface area contributed by atoms with Crippen LogP contribution in [0.15, 0.2) is 24.3 Å². The van der Waals surface area contributed by atoms with E-state index >= 15 is 0 Å². The molecule has 1 amide bonds. The number of aliphatic hydroxyl groups is 1. The zero-order valence-electron chi connectivity index (χ0n) is 13.9. The molecule has 1 aliphatic carbocycles. The van der Waals surface area contributed by atoms with E-state index in [1.807, 2.05) is 4.90 Å². The number of hydrogen-bond donors (Lipinski definition) is 2. The van der Waals surface area contributed by atoms with E-state index in [2.05, 4.69) is 41.4 Å². The molecule has 0 spiro atoms. The van der Waals surface area contributed by atoms with Crippen molar-refractivity contribution < 1.29 is 9.90 Å². The first-order valence-electron chi connectivity index (χ1n) is 9.02. The van der Waals surface area contributed by atoms with Gasteiger partial charge < -0.3 is 15.3 Å². The molecule has 4 rings (SSSR count). The summed E-state index contributed by atoms with van der Waals surface area (Å²) >= 11 is 0. The third-order valence-electron chi connectivity index (χ3n) is 5.72. The van der Waals surface area contributed by atoms with E-state index in [4.69, 9.17) is 0 Å². The summed E-state index contributed by atoms with van der Waals surface area (Å²) in [6, 6.07) is 8.46. The Morgan fingerprint density at radius 3 is 2.67 bits per heavy atom. The standard InChI is InChI=1S/C20H24N2O2/c23-13-18-20(17-11-21-12-19(24)22(17)18)16-9-7-15(8-10-16)6-5-14-3-1-2-4-14/h7-10,14,17-18,20-21,23H,1-4,11-13H2/t17-,18-,20+/m0/s1. The average Bonchev–Trinajstić information content (AvgIpc) is 3.10. The lowest BCUT2D eigenvalue weighted by atomic mass is 9.74. The van der Waals surface area contributed by atoms with Gasteiger partial charge in [0.05, 0.1) is 25.2 Å². The summed E-state index contributed by atoms with van der Waals surface area (Å²) in [5.41, 5.74) is 2.25. The first-order valence-corrected chi connectivity index (χ1v) is 9.02. The van der Waals surface area contributed by atoms with Crippen LogP contribution in [-0.4, -0.2) is 47.7 Å². The highest BCUT2D eigenvalue weighted by atomic mass is 16.3. The van der Waals surface area contributed by atoms with Crippen molar-refractivity contribution in [2.45, 2.75) is 43.7 Å². The molecule has 4 heteroatoms. The van der Waals surface area contributed by atoms with Crippen LogP contribution in [0.3, 0.4) is 0 Å². The van der Waals surface area contributed by atoms with Crippen LogP contribution in [0, 0.1) is 17.8 Å². The predicted octanol–water partition coefficient (Wildman–Crippen LogP) is 1.49. The number of rotatable bonds is 2. The molecule has 3 aliphatic rings. The van der Waals surface area contributed by atoms with Gasteiger partial charge in [-0.05, 0) is 30.5 Å². The molecule has 1 aromatic carbocycles. The molecule has 2 N–H and O–H groups in total. The number of benzene rings is 1. The fraction of sp³-hybridized carbons (Fsp3) is 0.550. The minimum Gasteiger partial charge on any atom is -0.394 e. The SMILES string of the molecule is O=C1CNC[C@H]2[C@@H](c3ccc(C#CC4CCCC4)cc3)[C@H](CO)N12. The lowest BCUT2D eigenvalue weighted by molar-refractivity contribution is -0.153. The van der Waals surface area contributed by atoms with Crippen LogP contribution in [-0.2, 0) is 4.79 Å². The molecule has 4 nitrogen and oxygen atoms in total. The Hall–Kier alpha value is -1.83. The van der Waals surface area contributed by atoms with Crippen LogP contribution in [0.5, 0.6) is 0 Å². The highest BCUT2D eigenvalue weighted by molar-refractivity contribution is 5.81. The van der Waals surface area contributed by atoms with Crippen LogP contribution in [0.25, 0.3) is 0 Å². The van der Waals surface area contributed by atoms with Crippen molar-refractivity contribution in [3.63, 3.8) is 0 Å². The molecular formula is C20H24N2O2. The Balaban J connectivity index is 1.49. The molecule has 126 valence electrons. The Kier molecular flexibility index (Phi) is 4.30. The fourth-order valence-corrected chi connectivity index (χ4v) is 4.45. The molecule has 2 heterocycles. The van der Waals surface area contributed by atoms with Crippen LogP contribution >= 0.6 is 0 Å². The maximum Gasteiger partial charge on any atom is 0.237 e. The van der Waals surface area contributed by atoms with E-state index in [1.54, 1.807) is 0 Å². The van der Waals surface area contributed by atoms with Gasteiger partial charge in [0.1, 0.15) is 0 Å². The Morgan fingerprint density at radius 1 is 1.21 bits per heavy atom. The zero-order chi connectivity index (χ0) is 16.5. The quantitative estimate of drug-likeness (QED) is 0.811. The monoisotopic (exact) mass is 324 g/mol. The summed E-state index contributed by atoms with van der Waals surface area (Å²) in [6.07, 6.45) is 5.11. The van der Waals surface area contributed by atoms with Crippen LogP contribution < -0.4 is 5.32 Å². The summed E-state index contributed by atoms with van der Waals surface area (Å²) in [4.78, 5) is 13.9. The largest absolute Gasteiger partial charge is 0.394 e. The third kappa shape index (κ3) is 2.72. The van der Waals surface area contributed by atoms with E-state index in [1.165, 1.54) is 31.2 Å². The van der Waals surface area contributed by atoms with Crippen LogP contribution in [0.2, 0.25) is 0 Å². The normalized spacial score (nSPS) is 29.6. The first kappa shape index (κ1) is 15.7. The number of hydrogen-bond acceptors (Lipinski definition) is 3. The van der Waals surface area contributed by atoms with Gasteiger partial charge in [-0.1, -0.05) is 36.8 Å². The minimum atomic E-state index is -0.0833. The zero-order valence-corrected chi connectivity index (χ0v) is 13.9. The number of nitrogens with one attached hydrogen (secondary N) is 1. The summed E-state index contributed by atoms with van der Waals surface area (Å²) in [5, 5.41) is 12.9. The number of piperazine rings is 1. The second-order valence-corrected chi connectivity index (χ2v) is 7.15. The van der Waals surface area contributed by atoms with Crippen LogP contribution in [0.1, 0.15) is 42.7 Å². The van der Waals surface area contributed by atoms with Gasteiger partial charge in [0.25, 0.3) is 0 Å². The van der Waals surface area contributed by atoms with Gasteiger partial charge in [0.15, 0.2) is 0 Å². The van der Waals surface area contributed by atoms with Crippen molar-refractivity contribution in [3.8, 4) is 11.8 Å². The Bertz CT molecular complexity index is 661. The van der Waals surface area contributed by atoms with Crippen molar-refractivity contribution in [1.29, 1.82) is 0 Å². The minimum absolute atomic E-state index is 0.0240. The molecule has 0 bridgehead atoms. The van der Waals surface area contributed by atoms with Gasteiger partial charge >= 0.3 is 0 Å². The van der Waals surface area contributed by atoms with Gasteiger partial charge in [-0.15, -0.1) is 0 Å². The van der Waals surface area contributed by atoms with Gasteiger partial charge in [-0.25, -0.2) is 0 Å². The average molecular weight is 324 g/mol. The van der Waals surface area contributed by atoms with Crippen LogP contribution in [0.4, 0.5) is 0 Å². The number of fused-ring (bicyclic) bond motifs is 1. The van der Waals surface area contributed by atoms with Crippen molar-refractivity contribution in [2.75, 3.05) is 19.7 Å². The summed E-state index contributed by atoms with van der Waals surface area (Å²) in [7, 11) is 0. The maximum atomic E-state index is 12.0. The summed E-state index contributed by atoms with van der Waals surface area (Å²) in [6.45, 7) is 1.21. The van der Waals surface area contributed by atoms with E-state index in [0.29, 0.717) is 12.5 Å². The lowest BCUT2D eigenvalue weighted by Crippen LogP contribution is -2.72. The molecule has 1 aromatic rings. The third-order valence-corrected chi connectivity index (χ3v) is 5.72. The fourth-order valence-electron chi connectivity index (χ4n) is 4.45. The molecule has 3 atom stereocenters. The number of amides is 1. The van der Waals surface area contributed by atoms with Crippen molar-refractivity contribution in [3.05, 3.63) is 35.4 Å². The molecule has 0 unspecified atom stereocenters. The molecule has 0 aromatic heterocycles. The number of carbonyl (C=O) groups is 1. The van der Waals surface area contributed by atoms with E-state index in [0.717, 1.165) is 12.1 Å². The second-order valence-electron chi connectivity index (χ2n) is 7.15. The molecule has 3 fully saturated rings. The summed E-state index contributed by atoms with van der Waals surface area (Å²) in [5.74, 6) is 7.58. The van der Waals surface area contributed by atoms with E-state index in [-0.39, 0.29) is 30.5 Å². The summed E-state index contributed by atoms with van der Waals surface area (Å²) < 4.78 is 0. The molecule has 1 saturated carbocycles. The Morgan fingerprint density at radius 2 is 1.96 bits per heavy atom. The van der Waals surface area contributed by atoms with Gasteiger partial charge in [-0.3, -0.25) is 4.79 Å². The number of aliphatic hydroxyl groups excluding tert-OH is 1. The topological polar surface area (TPSA) is 52.6 Å². The van der Waals surface area contributed by atoms with E-state index in [9.17, 15) is 9.90 Å². The van der Waals surface area contributed by atoms with Crippen molar-refractivity contribution >= 4 is 5.91 Å².